The molecular formula is C15H21FN2O3. The third-order valence-corrected chi connectivity index (χ3v) is 3.64. The third-order valence-electron chi connectivity index (χ3n) is 3.64. The van der Waals surface area contributed by atoms with Gasteiger partial charge in [-0.05, 0) is 18.1 Å². The zero-order chi connectivity index (χ0) is 15.1. The minimum atomic E-state index is -0.888. The van der Waals surface area contributed by atoms with Crippen LogP contribution in [0.1, 0.15) is 18.4 Å². The number of carbonyl (C=O) groups is 1. The Morgan fingerprint density at radius 1 is 1.29 bits per heavy atom. The summed E-state index contributed by atoms with van der Waals surface area (Å²) in [5.74, 6) is -0.267. The summed E-state index contributed by atoms with van der Waals surface area (Å²) in [4.78, 5) is 11.6. The number of urea groups is 1. The van der Waals surface area contributed by atoms with E-state index in [1.165, 1.54) is 6.07 Å². The summed E-state index contributed by atoms with van der Waals surface area (Å²) >= 11 is 0. The average molecular weight is 296 g/mol. The Morgan fingerprint density at radius 2 is 2.00 bits per heavy atom. The maximum absolute atomic E-state index is 13.4. The molecule has 0 spiro atoms. The third kappa shape index (κ3) is 4.99. The van der Waals surface area contributed by atoms with E-state index in [0.717, 1.165) is 0 Å². The van der Waals surface area contributed by atoms with Crippen LogP contribution >= 0.6 is 0 Å². The lowest BCUT2D eigenvalue weighted by Crippen LogP contribution is -2.49. The van der Waals surface area contributed by atoms with Gasteiger partial charge < -0.3 is 20.5 Å². The van der Waals surface area contributed by atoms with Gasteiger partial charge in [0.15, 0.2) is 0 Å². The van der Waals surface area contributed by atoms with Gasteiger partial charge in [0.25, 0.3) is 0 Å². The van der Waals surface area contributed by atoms with Crippen LogP contribution in [0.25, 0.3) is 0 Å². The van der Waals surface area contributed by atoms with Crippen LogP contribution in [0, 0.1) is 5.82 Å². The second kappa shape index (κ2) is 7.38. The predicted molar refractivity (Wildman–Crippen MR) is 76.5 cm³/mol. The lowest BCUT2D eigenvalue weighted by atomic mass is 9.94. The number of halogens is 1. The van der Waals surface area contributed by atoms with Gasteiger partial charge in [-0.2, -0.15) is 0 Å². The van der Waals surface area contributed by atoms with Crippen molar-refractivity contribution in [3.63, 3.8) is 0 Å². The molecule has 1 aliphatic rings. The molecule has 0 atom stereocenters. The highest BCUT2D eigenvalue weighted by molar-refractivity contribution is 5.73. The normalized spacial score (nSPS) is 17.2. The number of amides is 2. The van der Waals surface area contributed by atoms with Gasteiger partial charge in [0.05, 0.1) is 5.60 Å². The molecule has 2 amide bonds. The predicted octanol–water partition coefficient (Wildman–Crippen LogP) is 1.21. The molecule has 0 bridgehead atoms. The first-order valence-corrected chi connectivity index (χ1v) is 7.14. The van der Waals surface area contributed by atoms with Crippen molar-refractivity contribution in [3.05, 3.63) is 35.6 Å². The van der Waals surface area contributed by atoms with Crippen LogP contribution in [0.15, 0.2) is 24.3 Å². The SMILES string of the molecule is O=C(NCCc1ccccc1F)NCC1(O)CCOCC1. The molecule has 0 unspecified atom stereocenters. The fourth-order valence-corrected chi connectivity index (χ4v) is 2.25. The van der Waals surface area contributed by atoms with E-state index in [0.29, 0.717) is 44.6 Å². The number of rotatable bonds is 5. The number of aliphatic hydroxyl groups is 1. The summed E-state index contributed by atoms with van der Waals surface area (Å²) in [5.41, 5.74) is -0.318. The second-order valence-electron chi connectivity index (χ2n) is 5.29. The first kappa shape index (κ1) is 15.7. The van der Waals surface area contributed by atoms with Crippen LogP contribution in [0.5, 0.6) is 0 Å². The highest BCUT2D eigenvalue weighted by atomic mass is 19.1. The molecule has 1 aromatic carbocycles. The van der Waals surface area contributed by atoms with Crippen LogP contribution in [0.4, 0.5) is 9.18 Å². The van der Waals surface area contributed by atoms with E-state index in [1.54, 1.807) is 18.2 Å². The molecule has 0 aliphatic carbocycles. The van der Waals surface area contributed by atoms with Gasteiger partial charge in [0, 0.05) is 39.1 Å². The Bertz CT molecular complexity index is 476. The molecule has 21 heavy (non-hydrogen) atoms. The summed E-state index contributed by atoms with van der Waals surface area (Å²) in [6, 6.07) is 6.13. The number of hydrogen-bond acceptors (Lipinski definition) is 3. The van der Waals surface area contributed by atoms with Crippen LogP contribution in [-0.2, 0) is 11.2 Å². The number of hydrogen-bond donors (Lipinski definition) is 3. The van der Waals surface area contributed by atoms with Gasteiger partial charge >= 0.3 is 6.03 Å². The van der Waals surface area contributed by atoms with Crippen LogP contribution in [0.2, 0.25) is 0 Å². The second-order valence-corrected chi connectivity index (χ2v) is 5.29. The molecule has 1 aromatic rings. The maximum Gasteiger partial charge on any atom is 0.314 e. The zero-order valence-corrected chi connectivity index (χ0v) is 11.9. The van der Waals surface area contributed by atoms with Crippen molar-refractivity contribution < 1.29 is 19.0 Å². The van der Waals surface area contributed by atoms with Gasteiger partial charge in [-0.25, -0.2) is 9.18 Å². The van der Waals surface area contributed by atoms with Crippen LogP contribution < -0.4 is 10.6 Å². The molecular weight excluding hydrogens is 275 g/mol. The monoisotopic (exact) mass is 296 g/mol. The molecule has 6 heteroatoms. The lowest BCUT2D eigenvalue weighted by molar-refractivity contribution is -0.0600. The van der Waals surface area contributed by atoms with E-state index >= 15 is 0 Å². The molecule has 0 aromatic heterocycles. The Balaban J connectivity index is 1.67. The van der Waals surface area contributed by atoms with E-state index in [-0.39, 0.29) is 18.4 Å². The minimum Gasteiger partial charge on any atom is -0.388 e. The average Bonchev–Trinajstić information content (AvgIpc) is 2.48. The van der Waals surface area contributed by atoms with E-state index in [4.69, 9.17) is 4.74 Å². The van der Waals surface area contributed by atoms with Crippen molar-refractivity contribution >= 4 is 6.03 Å². The highest BCUT2D eigenvalue weighted by Crippen LogP contribution is 2.19. The van der Waals surface area contributed by atoms with Gasteiger partial charge in [-0.1, -0.05) is 18.2 Å². The highest BCUT2D eigenvalue weighted by Gasteiger charge is 2.29. The van der Waals surface area contributed by atoms with Crippen molar-refractivity contribution in [2.75, 3.05) is 26.3 Å². The van der Waals surface area contributed by atoms with Crippen molar-refractivity contribution in [2.24, 2.45) is 0 Å². The zero-order valence-electron chi connectivity index (χ0n) is 11.9. The van der Waals surface area contributed by atoms with Gasteiger partial charge in [0.1, 0.15) is 5.82 Å². The molecule has 5 nitrogen and oxygen atoms in total. The smallest absolute Gasteiger partial charge is 0.314 e. The van der Waals surface area contributed by atoms with Crippen molar-refractivity contribution in [3.8, 4) is 0 Å². The van der Waals surface area contributed by atoms with E-state index < -0.39 is 5.60 Å². The number of ether oxygens (including phenoxy) is 1. The van der Waals surface area contributed by atoms with E-state index in [1.807, 2.05) is 0 Å². The van der Waals surface area contributed by atoms with Crippen molar-refractivity contribution in [1.29, 1.82) is 0 Å². The summed E-state index contributed by atoms with van der Waals surface area (Å²) in [7, 11) is 0. The Morgan fingerprint density at radius 3 is 2.71 bits per heavy atom. The molecule has 116 valence electrons. The van der Waals surface area contributed by atoms with Gasteiger partial charge in [0.2, 0.25) is 0 Å². The van der Waals surface area contributed by atoms with Crippen LogP contribution in [-0.4, -0.2) is 43.0 Å². The van der Waals surface area contributed by atoms with Crippen molar-refractivity contribution in [2.45, 2.75) is 24.9 Å². The minimum absolute atomic E-state index is 0.196. The fraction of sp³-hybridized carbons (Fsp3) is 0.533. The number of nitrogens with one attached hydrogen (secondary N) is 2. The maximum atomic E-state index is 13.4. The van der Waals surface area contributed by atoms with Gasteiger partial charge in [-0.15, -0.1) is 0 Å². The molecule has 1 heterocycles. The Hall–Kier alpha value is -1.66. The number of benzene rings is 1. The molecule has 3 N–H and O–H groups in total. The Kier molecular flexibility index (Phi) is 5.52. The molecule has 2 rings (SSSR count). The summed E-state index contributed by atoms with van der Waals surface area (Å²) in [5, 5.41) is 15.5. The quantitative estimate of drug-likeness (QED) is 0.765. The Labute approximate surface area is 123 Å². The number of carbonyl (C=O) groups excluding carboxylic acids is 1. The molecule has 1 fully saturated rings. The summed E-state index contributed by atoms with van der Waals surface area (Å²) in [6.07, 6.45) is 1.46. The first-order valence-electron chi connectivity index (χ1n) is 7.14. The lowest BCUT2D eigenvalue weighted by Gasteiger charge is -2.32. The summed E-state index contributed by atoms with van der Waals surface area (Å²) in [6.45, 7) is 1.55. The summed E-state index contributed by atoms with van der Waals surface area (Å²) < 4.78 is 18.6. The topological polar surface area (TPSA) is 70.6 Å². The molecule has 0 saturated carbocycles. The van der Waals surface area contributed by atoms with Crippen molar-refractivity contribution in [1.82, 2.24) is 10.6 Å². The first-order chi connectivity index (χ1) is 10.1. The molecule has 0 radical (unpaired) electrons. The standard InChI is InChI=1S/C15H21FN2O3/c16-13-4-2-1-3-12(13)5-8-17-14(19)18-11-15(20)6-9-21-10-7-15/h1-4,20H,5-11H2,(H2,17,18,19). The molecule has 1 saturated heterocycles. The van der Waals surface area contributed by atoms with Crippen LogP contribution in [0.3, 0.4) is 0 Å². The largest absolute Gasteiger partial charge is 0.388 e. The van der Waals surface area contributed by atoms with Gasteiger partial charge in [-0.3, -0.25) is 0 Å². The fourth-order valence-electron chi connectivity index (χ4n) is 2.25. The molecule has 1 aliphatic heterocycles. The van der Waals surface area contributed by atoms with E-state index in [9.17, 15) is 14.3 Å². The van der Waals surface area contributed by atoms with E-state index in [2.05, 4.69) is 10.6 Å².